The summed E-state index contributed by atoms with van der Waals surface area (Å²) in [6, 6.07) is 9.31. The predicted octanol–water partition coefficient (Wildman–Crippen LogP) is 3.81. The smallest absolute Gasteiger partial charge is 0.124 e. The Morgan fingerprint density at radius 1 is 1.37 bits per heavy atom. The molecule has 0 radical (unpaired) electrons. The van der Waals surface area contributed by atoms with E-state index < -0.39 is 0 Å². The van der Waals surface area contributed by atoms with Crippen molar-refractivity contribution in [2.75, 3.05) is 14.2 Å². The Morgan fingerprint density at radius 2 is 2.16 bits per heavy atom. The second-order valence-corrected chi connectivity index (χ2v) is 5.27. The lowest BCUT2D eigenvalue weighted by atomic mass is 10.0. The number of hydrogen-bond donors (Lipinski definition) is 1. The summed E-state index contributed by atoms with van der Waals surface area (Å²) >= 11 is 9.61. The van der Waals surface area contributed by atoms with Gasteiger partial charge in [-0.3, -0.25) is 4.98 Å². The molecule has 1 aromatic carbocycles. The number of rotatable bonds is 4. The van der Waals surface area contributed by atoms with Gasteiger partial charge in [-0.1, -0.05) is 11.6 Å². The summed E-state index contributed by atoms with van der Waals surface area (Å²) in [4.78, 5) is 4.42. The van der Waals surface area contributed by atoms with Gasteiger partial charge in [0, 0.05) is 21.3 Å². The molecule has 19 heavy (non-hydrogen) atoms. The van der Waals surface area contributed by atoms with Gasteiger partial charge in [0.25, 0.3) is 0 Å². The molecule has 1 atom stereocenters. The van der Waals surface area contributed by atoms with Crippen LogP contribution < -0.4 is 10.1 Å². The highest BCUT2D eigenvalue weighted by molar-refractivity contribution is 9.10. The minimum Gasteiger partial charge on any atom is -0.496 e. The quantitative estimate of drug-likeness (QED) is 0.918. The summed E-state index contributed by atoms with van der Waals surface area (Å²) in [5, 5.41) is 3.92. The average molecular weight is 342 g/mol. The number of benzene rings is 1. The van der Waals surface area contributed by atoms with Crippen molar-refractivity contribution in [1.82, 2.24) is 10.3 Å². The fraction of sp³-hybridized carbons (Fsp3) is 0.214. The van der Waals surface area contributed by atoms with E-state index in [1.54, 1.807) is 13.3 Å². The second kappa shape index (κ2) is 6.37. The fourth-order valence-electron chi connectivity index (χ4n) is 1.98. The highest BCUT2D eigenvalue weighted by Crippen LogP contribution is 2.33. The standard InChI is InChI=1S/C14H14BrClN2O/c1-17-13(14-11(15)4-3-7-18-14)10-8-9(16)5-6-12(10)19-2/h3-8,13,17H,1-2H3. The molecule has 0 saturated carbocycles. The molecule has 2 rings (SSSR count). The van der Waals surface area contributed by atoms with Crippen molar-refractivity contribution >= 4 is 27.5 Å². The lowest BCUT2D eigenvalue weighted by molar-refractivity contribution is 0.405. The molecule has 5 heteroatoms. The SMILES string of the molecule is CNC(c1cc(Cl)ccc1OC)c1ncccc1Br. The van der Waals surface area contributed by atoms with Gasteiger partial charge in [-0.15, -0.1) is 0 Å². The van der Waals surface area contributed by atoms with Gasteiger partial charge in [0.2, 0.25) is 0 Å². The number of nitrogens with zero attached hydrogens (tertiary/aromatic N) is 1. The van der Waals surface area contributed by atoms with E-state index in [1.165, 1.54) is 0 Å². The van der Waals surface area contributed by atoms with Crippen LogP contribution >= 0.6 is 27.5 Å². The number of ether oxygens (including phenoxy) is 1. The Kier molecular flexibility index (Phi) is 4.80. The van der Waals surface area contributed by atoms with Gasteiger partial charge in [0.05, 0.1) is 18.8 Å². The molecule has 0 fully saturated rings. The van der Waals surface area contributed by atoms with Crippen molar-refractivity contribution in [1.29, 1.82) is 0 Å². The van der Waals surface area contributed by atoms with Crippen molar-refractivity contribution in [2.45, 2.75) is 6.04 Å². The molecule has 1 N–H and O–H groups in total. The van der Waals surface area contributed by atoms with Gasteiger partial charge in [0.1, 0.15) is 5.75 Å². The van der Waals surface area contributed by atoms with Gasteiger partial charge in [-0.25, -0.2) is 0 Å². The van der Waals surface area contributed by atoms with E-state index in [4.69, 9.17) is 16.3 Å². The third-order valence-corrected chi connectivity index (χ3v) is 3.76. The Labute approximate surface area is 126 Å². The first-order chi connectivity index (χ1) is 9.17. The molecule has 0 spiro atoms. The van der Waals surface area contributed by atoms with Crippen LogP contribution in [0.4, 0.5) is 0 Å². The molecule has 0 aliphatic carbocycles. The number of hydrogen-bond acceptors (Lipinski definition) is 3. The molecule has 0 bridgehead atoms. The summed E-state index contributed by atoms with van der Waals surface area (Å²) < 4.78 is 6.34. The van der Waals surface area contributed by atoms with Gasteiger partial charge < -0.3 is 10.1 Å². The molecular formula is C14H14BrClN2O. The van der Waals surface area contributed by atoms with E-state index in [0.29, 0.717) is 5.02 Å². The van der Waals surface area contributed by atoms with E-state index in [-0.39, 0.29) is 6.04 Å². The zero-order chi connectivity index (χ0) is 13.8. The average Bonchev–Trinajstić information content (AvgIpc) is 2.42. The first kappa shape index (κ1) is 14.3. The first-order valence-electron chi connectivity index (χ1n) is 5.78. The van der Waals surface area contributed by atoms with Crippen LogP contribution in [0.15, 0.2) is 41.0 Å². The zero-order valence-corrected chi connectivity index (χ0v) is 13.0. The Hall–Kier alpha value is -1.10. The van der Waals surface area contributed by atoms with Crippen LogP contribution in [0.2, 0.25) is 5.02 Å². The topological polar surface area (TPSA) is 34.1 Å². The molecule has 0 saturated heterocycles. The molecule has 100 valence electrons. The maximum Gasteiger partial charge on any atom is 0.124 e. The van der Waals surface area contributed by atoms with Crippen LogP contribution in [0.3, 0.4) is 0 Å². The Balaban J connectivity index is 2.54. The molecule has 0 aliphatic rings. The van der Waals surface area contributed by atoms with Crippen molar-refractivity contribution in [3.05, 3.63) is 57.3 Å². The number of halogens is 2. The van der Waals surface area contributed by atoms with Crippen molar-refractivity contribution in [3.8, 4) is 5.75 Å². The van der Waals surface area contributed by atoms with E-state index in [0.717, 1.165) is 21.5 Å². The normalized spacial score (nSPS) is 12.2. The molecule has 1 unspecified atom stereocenters. The highest BCUT2D eigenvalue weighted by Gasteiger charge is 2.20. The summed E-state index contributed by atoms with van der Waals surface area (Å²) in [6.45, 7) is 0. The van der Waals surface area contributed by atoms with E-state index in [1.807, 2.05) is 37.4 Å². The van der Waals surface area contributed by atoms with Crippen LogP contribution in [0.5, 0.6) is 5.75 Å². The van der Waals surface area contributed by atoms with Crippen LogP contribution in [0.25, 0.3) is 0 Å². The second-order valence-electron chi connectivity index (χ2n) is 3.98. The van der Waals surface area contributed by atoms with Gasteiger partial charge in [-0.05, 0) is 53.3 Å². The van der Waals surface area contributed by atoms with Crippen LogP contribution in [0, 0.1) is 0 Å². The summed E-state index contributed by atoms with van der Waals surface area (Å²) in [5.74, 6) is 0.779. The number of aromatic nitrogens is 1. The van der Waals surface area contributed by atoms with Crippen LogP contribution in [-0.2, 0) is 0 Å². The molecule has 3 nitrogen and oxygen atoms in total. The monoisotopic (exact) mass is 340 g/mol. The maximum atomic E-state index is 6.09. The van der Waals surface area contributed by atoms with Crippen LogP contribution in [-0.4, -0.2) is 19.1 Å². The van der Waals surface area contributed by atoms with E-state index in [9.17, 15) is 0 Å². The van der Waals surface area contributed by atoms with Crippen molar-refractivity contribution in [3.63, 3.8) is 0 Å². The van der Waals surface area contributed by atoms with Gasteiger partial charge >= 0.3 is 0 Å². The molecule has 1 aromatic heterocycles. The lowest BCUT2D eigenvalue weighted by Gasteiger charge is -2.20. The summed E-state index contributed by atoms with van der Waals surface area (Å²) in [7, 11) is 3.53. The fourth-order valence-corrected chi connectivity index (χ4v) is 2.65. The summed E-state index contributed by atoms with van der Waals surface area (Å²) in [5.41, 5.74) is 1.85. The van der Waals surface area contributed by atoms with E-state index in [2.05, 4.69) is 26.2 Å². The lowest BCUT2D eigenvalue weighted by Crippen LogP contribution is -2.20. The Morgan fingerprint density at radius 3 is 2.79 bits per heavy atom. The zero-order valence-electron chi connectivity index (χ0n) is 10.7. The first-order valence-corrected chi connectivity index (χ1v) is 6.95. The highest BCUT2D eigenvalue weighted by atomic mass is 79.9. The third-order valence-electron chi connectivity index (χ3n) is 2.85. The minimum atomic E-state index is -0.0933. The number of methoxy groups -OCH3 is 1. The number of pyridine rings is 1. The van der Waals surface area contributed by atoms with Crippen molar-refractivity contribution < 1.29 is 4.74 Å². The van der Waals surface area contributed by atoms with Gasteiger partial charge in [0.15, 0.2) is 0 Å². The van der Waals surface area contributed by atoms with Gasteiger partial charge in [-0.2, -0.15) is 0 Å². The summed E-state index contributed by atoms with van der Waals surface area (Å²) in [6.07, 6.45) is 1.77. The molecular weight excluding hydrogens is 328 g/mol. The molecule has 1 heterocycles. The third kappa shape index (κ3) is 3.08. The Bertz CT molecular complexity index is 577. The maximum absolute atomic E-state index is 6.09. The van der Waals surface area contributed by atoms with Crippen molar-refractivity contribution in [2.24, 2.45) is 0 Å². The minimum absolute atomic E-state index is 0.0933. The largest absolute Gasteiger partial charge is 0.496 e. The molecule has 0 aliphatic heterocycles. The predicted molar refractivity (Wildman–Crippen MR) is 80.8 cm³/mol. The number of nitrogens with one attached hydrogen (secondary N) is 1. The van der Waals surface area contributed by atoms with Crippen LogP contribution in [0.1, 0.15) is 17.3 Å². The van der Waals surface area contributed by atoms with E-state index >= 15 is 0 Å². The molecule has 0 amide bonds. The molecule has 2 aromatic rings.